The molecule has 0 atom stereocenters. The number of anilines is 1. The maximum absolute atomic E-state index is 12.3. The fourth-order valence-electron chi connectivity index (χ4n) is 3.44. The predicted octanol–water partition coefficient (Wildman–Crippen LogP) is 4.40. The third kappa shape index (κ3) is 4.05. The fraction of sp³-hybridized carbons (Fsp3) is 0.273. The number of fused-ring (bicyclic) bond motifs is 2. The Balaban J connectivity index is 1.21. The molecule has 0 spiro atoms. The van der Waals surface area contributed by atoms with Gasteiger partial charge in [-0.05, 0) is 49.6 Å². The van der Waals surface area contributed by atoms with Crippen molar-refractivity contribution >= 4 is 44.4 Å². The SMILES string of the molecule is Cc1ccc2nc(NC(=O)CCCCCN3C(=O)c4ccccc4C3=O)sc2c1. The number of amides is 3. The Kier molecular flexibility index (Phi) is 5.40. The molecule has 4 rings (SSSR count). The summed E-state index contributed by atoms with van der Waals surface area (Å²) in [7, 11) is 0. The summed E-state index contributed by atoms with van der Waals surface area (Å²) in [6, 6.07) is 12.9. The molecule has 29 heavy (non-hydrogen) atoms. The summed E-state index contributed by atoms with van der Waals surface area (Å²) in [6.07, 6.45) is 2.52. The van der Waals surface area contributed by atoms with Gasteiger partial charge in [0.2, 0.25) is 5.91 Å². The molecular weight excluding hydrogens is 386 g/mol. The molecule has 1 aliphatic rings. The lowest BCUT2D eigenvalue weighted by molar-refractivity contribution is -0.116. The smallest absolute Gasteiger partial charge is 0.261 e. The Morgan fingerprint density at radius 1 is 1.03 bits per heavy atom. The number of carbonyl (C=O) groups excluding carboxylic acids is 3. The highest BCUT2D eigenvalue weighted by Gasteiger charge is 2.34. The van der Waals surface area contributed by atoms with Crippen molar-refractivity contribution in [3.05, 3.63) is 59.2 Å². The van der Waals surface area contributed by atoms with E-state index in [9.17, 15) is 14.4 Å². The van der Waals surface area contributed by atoms with Crippen molar-refractivity contribution < 1.29 is 14.4 Å². The number of hydrogen-bond donors (Lipinski definition) is 1. The molecule has 0 aliphatic carbocycles. The van der Waals surface area contributed by atoms with E-state index in [0.717, 1.165) is 22.2 Å². The Morgan fingerprint density at radius 3 is 2.48 bits per heavy atom. The van der Waals surface area contributed by atoms with Gasteiger partial charge in [-0.3, -0.25) is 19.3 Å². The lowest BCUT2D eigenvalue weighted by Crippen LogP contribution is -2.30. The summed E-state index contributed by atoms with van der Waals surface area (Å²) >= 11 is 1.47. The summed E-state index contributed by atoms with van der Waals surface area (Å²) in [6.45, 7) is 2.41. The number of hydrogen-bond acceptors (Lipinski definition) is 5. The first-order valence-corrected chi connectivity index (χ1v) is 10.5. The van der Waals surface area contributed by atoms with Crippen molar-refractivity contribution in [3.63, 3.8) is 0 Å². The first-order chi connectivity index (χ1) is 14.0. The van der Waals surface area contributed by atoms with E-state index in [0.29, 0.717) is 42.1 Å². The molecule has 0 radical (unpaired) electrons. The molecule has 1 N–H and O–H groups in total. The highest BCUT2D eigenvalue weighted by atomic mass is 32.1. The minimum atomic E-state index is -0.227. The average molecular weight is 407 g/mol. The van der Waals surface area contributed by atoms with Gasteiger partial charge in [-0.25, -0.2) is 4.98 Å². The van der Waals surface area contributed by atoms with Gasteiger partial charge in [-0.15, -0.1) is 0 Å². The van der Waals surface area contributed by atoms with Gasteiger partial charge < -0.3 is 5.32 Å². The Labute approximate surface area is 172 Å². The van der Waals surface area contributed by atoms with E-state index in [1.165, 1.54) is 16.2 Å². The predicted molar refractivity (Wildman–Crippen MR) is 113 cm³/mol. The zero-order chi connectivity index (χ0) is 20.4. The van der Waals surface area contributed by atoms with Crippen LogP contribution in [-0.2, 0) is 4.79 Å². The standard InChI is InChI=1S/C22H21N3O3S/c1-14-10-11-17-18(13-14)29-22(23-17)24-19(26)9-3-2-6-12-25-20(27)15-7-4-5-8-16(15)21(25)28/h4-5,7-8,10-11,13H,2-3,6,9,12H2,1H3,(H,23,24,26). The van der Waals surface area contributed by atoms with Crippen LogP contribution < -0.4 is 5.32 Å². The van der Waals surface area contributed by atoms with Crippen LogP contribution in [0.25, 0.3) is 10.2 Å². The highest BCUT2D eigenvalue weighted by molar-refractivity contribution is 7.22. The van der Waals surface area contributed by atoms with Crippen molar-refractivity contribution in [1.82, 2.24) is 9.88 Å². The van der Waals surface area contributed by atoms with Crippen LogP contribution in [-0.4, -0.2) is 34.2 Å². The largest absolute Gasteiger partial charge is 0.302 e. The van der Waals surface area contributed by atoms with Crippen LogP contribution in [0.1, 0.15) is 52.0 Å². The van der Waals surface area contributed by atoms with E-state index in [4.69, 9.17) is 0 Å². The minimum Gasteiger partial charge on any atom is -0.302 e. The second-order valence-corrected chi connectivity index (χ2v) is 8.19. The molecular formula is C22H21N3O3S. The van der Waals surface area contributed by atoms with E-state index in [2.05, 4.69) is 16.4 Å². The maximum Gasteiger partial charge on any atom is 0.261 e. The van der Waals surface area contributed by atoms with Gasteiger partial charge in [0.1, 0.15) is 0 Å². The molecule has 0 saturated heterocycles. The third-order valence-corrected chi connectivity index (χ3v) is 5.89. The Hall–Kier alpha value is -3.06. The third-order valence-electron chi connectivity index (χ3n) is 4.95. The van der Waals surface area contributed by atoms with Gasteiger partial charge in [0.25, 0.3) is 11.8 Å². The number of unbranched alkanes of at least 4 members (excludes halogenated alkanes) is 2. The van der Waals surface area contributed by atoms with Gasteiger partial charge in [0.05, 0.1) is 21.3 Å². The van der Waals surface area contributed by atoms with Gasteiger partial charge in [-0.1, -0.05) is 36.0 Å². The molecule has 0 saturated carbocycles. The van der Waals surface area contributed by atoms with E-state index < -0.39 is 0 Å². The molecule has 0 unspecified atom stereocenters. The van der Waals surface area contributed by atoms with Crippen LogP contribution in [0.3, 0.4) is 0 Å². The van der Waals surface area contributed by atoms with E-state index >= 15 is 0 Å². The number of aromatic nitrogens is 1. The van der Waals surface area contributed by atoms with E-state index in [1.807, 2.05) is 19.1 Å². The first-order valence-electron chi connectivity index (χ1n) is 9.65. The van der Waals surface area contributed by atoms with Crippen LogP contribution in [0.15, 0.2) is 42.5 Å². The number of aryl methyl sites for hydroxylation is 1. The van der Waals surface area contributed by atoms with Crippen LogP contribution in [0, 0.1) is 6.92 Å². The van der Waals surface area contributed by atoms with Crippen LogP contribution in [0.2, 0.25) is 0 Å². The van der Waals surface area contributed by atoms with Crippen molar-refractivity contribution in [2.75, 3.05) is 11.9 Å². The van der Waals surface area contributed by atoms with E-state index in [-0.39, 0.29) is 17.7 Å². The lowest BCUT2D eigenvalue weighted by Gasteiger charge is -2.13. The minimum absolute atomic E-state index is 0.0680. The monoisotopic (exact) mass is 407 g/mol. The molecule has 1 aliphatic heterocycles. The number of nitrogens with one attached hydrogen (secondary N) is 1. The van der Waals surface area contributed by atoms with Crippen molar-refractivity contribution in [2.24, 2.45) is 0 Å². The zero-order valence-electron chi connectivity index (χ0n) is 16.1. The van der Waals surface area contributed by atoms with Gasteiger partial charge >= 0.3 is 0 Å². The molecule has 2 heterocycles. The summed E-state index contributed by atoms with van der Waals surface area (Å²) in [4.78, 5) is 42.5. The topological polar surface area (TPSA) is 79.4 Å². The number of nitrogens with zero attached hydrogens (tertiary/aromatic N) is 2. The Morgan fingerprint density at radius 2 is 1.76 bits per heavy atom. The second-order valence-electron chi connectivity index (χ2n) is 7.16. The van der Waals surface area contributed by atoms with Crippen molar-refractivity contribution in [1.29, 1.82) is 0 Å². The lowest BCUT2D eigenvalue weighted by atomic mass is 10.1. The molecule has 6 nitrogen and oxygen atoms in total. The molecule has 3 aromatic rings. The van der Waals surface area contributed by atoms with Gasteiger partial charge in [-0.2, -0.15) is 0 Å². The van der Waals surface area contributed by atoms with Crippen LogP contribution >= 0.6 is 11.3 Å². The molecule has 7 heteroatoms. The first kappa shape index (κ1) is 19.3. The summed E-state index contributed by atoms with van der Waals surface area (Å²) < 4.78 is 1.06. The average Bonchev–Trinajstić information content (AvgIpc) is 3.20. The number of benzene rings is 2. The van der Waals surface area contributed by atoms with E-state index in [1.54, 1.807) is 24.3 Å². The van der Waals surface area contributed by atoms with Crippen LogP contribution in [0.5, 0.6) is 0 Å². The molecule has 3 amide bonds. The normalized spacial score (nSPS) is 13.2. The molecule has 148 valence electrons. The number of rotatable bonds is 7. The van der Waals surface area contributed by atoms with Gasteiger partial charge in [0.15, 0.2) is 5.13 Å². The summed E-state index contributed by atoms with van der Waals surface area (Å²) in [5, 5.41) is 3.47. The number of carbonyl (C=O) groups is 3. The number of thiazole rings is 1. The Bertz CT molecular complexity index is 1070. The quantitative estimate of drug-likeness (QED) is 0.465. The molecule has 1 aromatic heterocycles. The second kappa shape index (κ2) is 8.13. The molecule has 0 fully saturated rings. The van der Waals surface area contributed by atoms with Crippen molar-refractivity contribution in [3.8, 4) is 0 Å². The zero-order valence-corrected chi connectivity index (χ0v) is 16.9. The van der Waals surface area contributed by atoms with Crippen LogP contribution in [0.4, 0.5) is 5.13 Å². The van der Waals surface area contributed by atoms with Crippen molar-refractivity contribution in [2.45, 2.75) is 32.6 Å². The molecule has 2 aromatic carbocycles. The maximum atomic E-state index is 12.3. The fourth-order valence-corrected chi connectivity index (χ4v) is 4.42. The van der Waals surface area contributed by atoms with Gasteiger partial charge in [0, 0.05) is 13.0 Å². The summed E-state index contributed by atoms with van der Waals surface area (Å²) in [5.41, 5.74) is 3.00. The molecule has 0 bridgehead atoms. The summed E-state index contributed by atoms with van der Waals surface area (Å²) in [5.74, 6) is -0.523. The highest BCUT2D eigenvalue weighted by Crippen LogP contribution is 2.27. The number of imide groups is 1.